The second kappa shape index (κ2) is 5.46. The van der Waals surface area contributed by atoms with E-state index in [1.165, 1.54) is 11.1 Å². The number of aryl methyl sites for hydroxylation is 1. The van der Waals surface area contributed by atoms with Gasteiger partial charge in [0.2, 0.25) is 0 Å². The first-order valence-corrected chi connectivity index (χ1v) is 7.04. The highest BCUT2D eigenvalue weighted by atomic mass is 32.2. The summed E-state index contributed by atoms with van der Waals surface area (Å²) in [7, 11) is -3.83. The van der Waals surface area contributed by atoms with Crippen LogP contribution in [0.1, 0.15) is 37.3 Å². The standard InChI is InChI=1S/C12H18O3S/c1-10(2)12-8-4-3-6-11(12)7-5-9-16(13,14)15/h3-4,6,8,10H,5,7,9H2,1-2H3,(H,13,14,15). The molecule has 3 nitrogen and oxygen atoms in total. The molecule has 0 aliphatic rings. The molecule has 1 N–H and O–H groups in total. The molecule has 16 heavy (non-hydrogen) atoms. The highest BCUT2D eigenvalue weighted by molar-refractivity contribution is 7.85. The van der Waals surface area contributed by atoms with E-state index in [9.17, 15) is 8.42 Å². The summed E-state index contributed by atoms with van der Waals surface area (Å²) in [5.74, 6) is 0.265. The molecule has 0 unspecified atom stereocenters. The number of hydrogen-bond donors (Lipinski definition) is 1. The summed E-state index contributed by atoms with van der Waals surface area (Å²) in [5, 5.41) is 0. The minimum absolute atomic E-state index is 0.167. The molecular weight excluding hydrogens is 224 g/mol. The number of benzene rings is 1. The molecular formula is C12H18O3S. The molecule has 1 aromatic rings. The average molecular weight is 242 g/mol. The van der Waals surface area contributed by atoms with Crippen LogP contribution in [0, 0.1) is 0 Å². The lowest BCUT2D eigenvalue weighted by molar-refractivity contribution is 0.481. The van der Waals surface area contributed by atoms with Gasteiger partial charge < -0.3 is 0 Å². The van der Waals surface area contributed by atoms with Gasteiger partial charge in [-0.1, -0.05) is 38.1 Å². The zero-order valence-electron chi connectivity index (χ0n) is 9.68. The van der Waals surface area contributed by atoms with Gasteiger partial charge >= 0.3 is 0 Å². The Labute approximate surface area is 97.2 Å². The molecule has 1 rings (SSSR count). The van der Waals surface area contributed by atoms with E-state index >= 15 is 0 Å². The van der Waals surface area contributed by atoms with Crippen molar-refractivity contribution in [1.82, 2.24) is 0 Å². The minimum Gasteiger partial charge on any atom is -0.286 e. The second-order valence-electron chi connectivity index (χ2n) is 4.24. The monoisotopic (exact) mass is 242 g/mol. The third kappa shape index (κ3) is 4.33. The summed E-state index contributed by atoms with van der Waals surface area (Å²) in [4.78, 5) is 0. The maximum atomic E-state index is 10.6. The van der Waals surface area contributed by atoms with E-state index in [-0.39, 0.29) is 5.75 Å². The van der Waals surface area contributed by atoms with E-state index < -0.39 is 10.1 Å². The van der Waals surface area contributed by atoms with Gasteiger partial charge in [0.05, 0.1) is 5.75 Å². The second-order valence-corrected chi connectivity index (χ2v) is 5.82. The Kier molecular flexibility index (Phi) is 4.50. The van der Waals surface area contributed by atoms with Crippen molar-refractivity contribution in [2.75, 3.05) is 5.75 Å². The smallest absolute Gasteiger partial charge is 0.264 e. The highest BCUT2D eigenvalue weighted by Crippen LogP contribution is 2.20. The van der Waals surface area contributed by atoms with Crippen LogP contribution in [0.3, 0.4) is 0 Å². The first-order valence-electron chi connectivity index (χ1n) is 5.43. The molecule has 0 amide bonds. The Hall–Kier alpha value is -0.870. The molecule has 1 aromatic carbocycles. The van der Waals surface area contributed by atoms with Crippen LogP contribution in [0.5, 0.6) is 0 Å². The van der Waals surface area contributed by atoms with Gasteiger partial charge in [-0.3, -0.25) is 4.55 Å². The molecule has 0 aromatic heterocycles. The summed E-state index contributed by atoms with van der Waals surface area (Å²) < 4.78 is 29.8. The van der Waals surface area contributed by atoms with E-state index in [1.54, 1.807) is 0 Å². The molecule has 0 radical (unpaired) electrons. The van der Waals surface area contributed by atoms with Crippen molar-refractivity contribution in [3.05, 3.63) is 35.4 Å². The van der Waals surface area contributed by atoms with Crippen molar-refractivity contribution >= 4 is 10.1 Å². The van der Waals surface area contributed by atoms with Crippen LogP contribution in [-0.4, -0.2) is 18.7 Å². The van der Waals surface area contributed by atoms with Gasteiger partial charge in [-0.15, -0.1) is 0 Å². The van der Waals surface area contributed by atoms with Crippen LogP contribution in [-0.2, 0) is 16.5 Å². The summed E-state index contributed by atoms with van der Waals surface area (Å²) in [6.45, 7) is 4.23. The average Bonchev–Trinajstić information content (AvgIpc) is 2.16. The summed E-state index contributed by atoms with van der Waals surface area (Å²) in [6, 6.07) is 8.02. The van der Waals surface area contributed by atoms with E-state index in [0.717, 1.165) is 0 Å². The van der Waals surface area contributed by atoms with E-state index in [4.69, 9.17) is 4.55 Å². The van der Waals surface area contributed by atoms with Crippen molar-refractivity contribution in [3.63, 3.8) is 0 Å². The van der Waals surface area contributed by atoms with Gasteiger partial charge in [0, 0.05) is 0 Å². The summed E-state index contributed by atoms with van der Waals surface area (Å²) in [5.41, 5.74) is 2.42. The van der Waals surface area contributed by atoms with Gasteiger partial charge in [0.25, 0.3) is 10.1 Å². The predicted molar refractivity (Wildman–Crippen MR) is 65.3 cm³/mol. The molecule has 0 spiro atoms. The predicted octanol–water partition coefficient (Wildman–Crippen LogP) is 2.63. The van der Waals surface area contributed by atoms with Crippen molar-refractivity contribution in [1.29, 1.82) is 0 Å². The molecule has 4 heteroatoms. The van der Waals surface area contributed by atoms with Crippen molar-refractivity contribution in [2.24, 2.45) is 0 Å². The fourth-order valence-electron chi connectivity index (χ4n) is 1.77. The zero-order chi connectivity index (χ0) is 12.2. The molecule has 0 aliphatic carbocycles. The fourth-order valence-corrected chi connectivity index (χ4v) is 2.28. The molecule has 0 fully saturated rings. The van der Waals surface area contributed by atoms with Gasteiger partial charge in [-0.05, 0) is 29.9 Å². The zero-order valence-corrected chi connectivity index (χ0v) is 10.5. The Morgan fingerprint density at radius 3 is 2.44 bits per heavy atom. The largest absolute Gasteiger partial charge is 0.286 e. The molecule has 90 valence electrons. The Morgan fingerprint density at radius 2 is 1.88 bits per heavy atom. The Balaban J connectivity index is 2.67. The first-order chi connectivity index (χ1) is 7.40. The van der Waals surface area contributed by atoms with Crippen LogP contribution >= 0.6 is 0 Å². The van der Waals surface area contributed by atoms with E-state index in [0.29, 0.717) is 18.8 Å². The highest BCUT2D eigenvalue weighted by Gasteiger charge is 2.08. The Bertz CT molecular complexity index is 435. The SMILES string of the molecule is CC(C)c1ccccc1CCCS(=O)(=O)O. The fraction of sp³-hybridized carbons (Fsp3) is 0.500. The van der Waals surface area contributed by atoms with Crippen LogP contribution in [0.4, 0.5) is 0 Å². The van der Waals surface area contributed by atoms with Gasteiger partial charge in [-0.2, -0.15) is 8.42 Å². The van der Waals surface area contributed by atoms with E-state index in [1.807, 2.05) is 18.2 Å². The lowest BCUT2D eigenvalue weighted by atomic mass is 9.95. The summed E-state index contributed by atoms with van der Waals surface area (Å²) in [6.07, 6.45) is 1.15. The molecule has 0 aliphatic heterocycles. The van der Waals surface area contributed by atoms with Crippen LogP contribution in [0.15, 0.2) is 24.3 Å². The first kappa shape index (κ1) is 13.2. The maximum Gasteiger partial charge on any atom is 0.264 e. The Morgan fingerprint density at radius 1 is 1.25 bits per heavy atom. The lowest BCUT2D eigenvalue weighted by Gasteiger charge is -2.11. The number of hydrogen-bond acceptors (Lipinski definition) is 2. The van der Waals surface area contributed by atoms with Crippen molar-refractivity contribution < 1.29 is 13.0 Å². The van der Waals surface area contributed by atoms with Crippen molar-refractivity contribution in [2.45, 2.75) is 32.6 Å². The normalized spacial score (nSPS) is 12.0. The third-order valence-electron chi connectivity index (χ3n) is 2.53. The maximum absolute atomic E-state index is 10.6. The molecule has 0 heterocycles. The van der Waals surface area contributed by atoms with Gasteiger partial charge in [-0.25, -0.2) is 0 Å². The topological polar surface area (TPSA) is 54.4 Å². The van der Waals surface area contributed by atoms with Crippen molar-refractivity contribution in [3.8, 4) is 0 Å². The molecule has 0 bridgehead atoms. The van der Waals surface area contributed by atoms with Gasteiger partial charge in [0.15, 0.2) is 0 Å². The van der Waals surface area contributed by atoms with Gasteiger partial charge in [0.1, 0.15) is 0 Å². The third-order valence-corrected chi connectivity index (χ3v) is 3.33. The number of rotatable bonds is 5. The van der Waals surface area contributed by atoms with Crippen LogP contribution in [0.2, 0.25) is 0 Å². The molecule has 0 saturated heterocycles. The molecule has 0 saturated carbocycles. The minimum atomic E-state index is -3.83. The van der Waals surface area contributed by atoms with E-state index in [2.05, 4.69) is 19.9 Å². The summed E-state index contributed by atoms with van der Waals surface area (Å²) >= 11 is 0. The quantitative estimate of drug-likeness (QED) is 0.807. The lowest BCUT2D eigenvalue weighted by Crippen LogP contribution is -2.06. The van der Waals surface area contributed by atoms with Crippen LogP contribution < -0.4 is 0 Å². The molecule has 0 atom stereocenters. The van der Waals surface area contributed by atoms with Crippen LogP contribution in [0.25, 0.3) is 0 Å².